The maximum Gasteiger partial charge on any atom is 0.260 e. The van der Waals surface area contributed by atoms with Gasteiger partial charge in [-0.15, -0.1) is 0 Å². The van der Waals surface area contributed by atoms with Gasteiger partial charge in [-0.2, -0.15) is 11.8 Å². The highest BCUT2D eigenvalue weighted by Crippen LogP contribution is 2.17. The molecular formula is C18H26N4O2S2. The summed E-state index contributed by atoms with van der Waals surface area (Å²) in [6, 6.07) is 8.61. The van der Waals surface area contributed by atoms with Crippen molar-refractivity contribution in [2.45, 2.75) is 44.2 Å². The van der Waals surface area contributed by atoms with E-state index in [1.807, 2.05) is 12.3 Å². The zero-order valence-corrected chi connectivity index (χ0v) is 16.6. The average Bonchev–Trinajstić information content (AvgIpc) is 3.16. The summed E-state index contributed by atoms with van der Waals surface area (Å²) in [6.45, 7) is 0. The second-order valence-electron chi connectivity index (χ2n) is 6.24. The third kappa shape index (κ3) is 6.84. The normalized spacial score (nSPS) is 15.1. The predicted octanol–water partition coefficient (Wildman–Crippen LogP) is 1.98. The van der Waals surface area contributed by atoms with Crippen molar-refractivity contribution < 1.29 is 9.59 Å². The second kappa shape index (κ2) is 11.0. The molecule has 1 atom stereocenters. The van der Waals surface area contributed by atoms with Crippen LogP contribution in [0.4, 0.5) is 0 Å². The first-order valence-corrected chi connectivity index (χ1v) is 10.6. The number of thiocarbonyl (C=S) groups is 1. The van der Waals surface area contributed by atoms with Crippen molar-refractivity contribution in [1.29, 1.82) is 0 Å². The lowest BCUT2D eigenvalue weighted by atomic mass is 10.1. The average molecular weight is 395 g/mol. The van der Waals surface area contributed by atoms with Crippen LogP contribution in [-0.2, 0) is 4.79 Å². The molecule has 0 spiro atoms. The van der Waals surface area contributed by atoms with E-state index in [4.69, 9.17) is 12.2 Å². The van der Waals surface area contributed by atoms with Crippen LogP contribution in [0.2, 0.25) is 0 Å². The fourth-order valence-corrected chi connectivity index (χ4v) is 3.52. The number of hydrogen-bond donors (Lipinski definition) is 4. The van der Waals surface area contributed by atoms with Gasteiger partial charge in [-0.25, -0.2) is 0 Å². The summed E-state index contributed by atoms with van der Waals surface area (Å²) in [5, 5.41) is 6.40. The largest absolute Gasteiger partial charge is 0.359 e. The summed E-state index contributed by atoms with van der Waals surface area (Å²) in [6.07, 6.45) is 7.10. The van der Waals surface area contributed by atoms with Crippen LogP contribution in [0, 0.1) is 0 Å². The molecule has 4 N–H and O–H groups in total. The van der Waals surface area contributed by atoms with Crippen LogP contribution in [0.15, 0.2) is 30.3 Å². The molecule has 1 aliphatic rings. The third-order valence-corrected chi connectivity index (χ3v) is 5.12. The van der Waals surface area contributed by atoms with Crippen LogP contribution in [0.25, 0.3) is 0 Å². The first kappa shape index (κ1) is 20.5. The van der Waals surface area contributed by atoms with Gasteiger partial charge < -0.3 is 10.6 Å². The van der Waals surface area contributed by atoms with Crippen LogP contribution in [0.1, 0.15) is 42.5 Å². The summed E-state index contributed by atoms with van der Waals surface area (Å²) in [5.41, 5.74) is 5.88. The third-order valence-electron chi connectivity index (χ3n) is 4.26. The predicted molar refractivity (Wildman–Crippen MR) is 110 cm³/mol. The van der Waals surface area contributed by atoms with Gasteiger partial charge >= 0.3 is 0 Å². The van der Waals surface area contributed by atoms with Gasteiger partial charge in [0.2, 0.25) is 0 Å². The molecule has 142 valence electrons. The molecule has 1 saturated carbocycles. The first-order valence-electron chi connectivity index (χ1n) is 8.81. The molecule has 0 heterocycles. The maximum absolute atomic E-state index is 12.5. The van der Waals surface area contributed by atoms with Gasteiger partial charge in [-0.3, -0.25) is 20.4 Å². The molecule has 0 radical (unpaired) electrons. The topological polar surface area (TPSA) is 82.3 Å². The Bertz CT molecular complexity index is 606. The minimum atomic E-state index is -0.628. The molecule has 1 aliphatic carbocycles. The lowest BCUT2D eigenvalue weighted by Crippen LogP contribution is -2.55. The smallest absolute Gasteiger partial charge is 0.260 e. The Hall–Kier alpha value is -1.80. The van der Waals surface area contributed by atoms with Crippen LogP contribution in [0.5, 0.6) is 0 Å². The number of amides is 2. The zero-order chi connectivity index (χ0) is 18.8. The van der Waals surface area contributed by atoms with Crippen LogP contribution in [-0.4, -0.2) is 41.0 Å². The molecule has 2 amide bonds. The van der Waals surface area contributed by atoms with E-state index in [1.54, 1.807) is 36.0 Å². The van der Waals surface area contributed by atoms with Gasteiger partial charge in [0.1, 0.15) is 6.04 Å². The van der Waals surface area contributed by atoms with Crippen molar-refractivity contribution in [2.75, 3.05) is 12.0 Å². The Labute approximate surface area is 164 Å². The number of carbonyl (C=O) groups is 2. The SMILES string of the molecule is CSCC[C@@H](NC(=O)c1ccccc1)C(=O)NNC(=S)NC1CCCC1. The van der Waals surface area contributed by atoms with E-state index < -0.39 is 6.04 Å². The summed E-state index contributed by atoms with van der Waals surface area (Å²) < 4.78 is 0. The molecule has 0 saturated heterocycles. The van der Waals surface area contributed by atoms with E-state index in [0.29, 0.717) is 23.1 Å². The number of rotatable bonds is 7. The van der Waals surface area contributed by atoms with Crippen molar-refractivity contribution in [3.05, 3.63) is 35.9 Å². The highest BCUT2D eigenvalue weighted by atomic mass is 32.2. The molecule has 1 aromatic rings. The molecule has 26 heavy (non-hydrogen) atoms. The molecule has 0 unspecified atom stereocenters. The fourth-order valence-electron chi connectivity index (χ4n) is 2.83. The molecule has 8 heteroatoms. The van der Waals surface area contributed by atoms with Gasteiger partial charge in [-0.05, 0) is 55.6 Å². The minimum absolute atomic E-state index is 0.265. The molecule has 0 bridgehead atoms. The van der Waals surface area contributed by atoms with Gasteiger partial charge in [0.15, 0.2) is 5.11 Å². The van der Waals surface area contributed by atoms with Crippen molar-refractivity contribution in [3.63, 3.8) is 0 Å². The van der Waals surface area contributed by atoms with Gasteiger partial charge in [0, 0.05) is 11.6 Å². The summed E-state index contributed by atoms with van der Waals surface area (Å²) >= 11 is 6.85. The van der Waals surface area contributed by atoms with Crippen LogP contribution in [0.3, 0.4) is 0 Å². The van der Waals surface area contributed by atoms with E-state index in [9.17, 15) is 9.59 Å². The second-order valence-corrected chi connectivity index (χ2v) is 7.64. The lowest BCUT2D eigenvalue weighted by Gasteiger charge is -2.20. The van der Waals surface area contributed by atoms with Crippen LogP contribution >= 0.6 is 24.0 Å². The Morgan fingerprint density at radius 3 is 2.54 bits per heavy atom. The zero-order valence-electron chi connectivity index (χ0n) is 14.9. The summed E-state index contributed by atoms with van der Waals surface area (Å²) in [5.74, 6) is 0.190. The standard InChI is InChI=1S/C18H26N4O2S2/c1-26-12-11-15(20-16(23)13-7-3-2-4-8-13)17(24)21-22-18(25)19-14-9-5-6-10-14/h2-4,7-8,14-15H,5-6,9-12H2,1H3,(H,20,23)(H,21,24)(H2,19,22,25)/t15-/m1/s1. The van der Waals surface area contributed by atoms with Crippen molar-refractivity contribution >= 4 is 40.9 Å². The van der Waals surface area contributed by atoms with Crippen LogP contribution < -0.4 is 21.5 Å². The molecule has 6 nitrogen and oxygen atoms in total. The number of nitrogens with one attached hydrogen (secondary N) is 4. The lowest BCUT2D eigenvalue weighted by molar-refractivity contribution is -0.123. The molecule has 1 fully saturated rings. The Kier molecular flexibility index (Phi) is 8.70. The summed E-state index contributed by atoms with van der Waals surface area (Å²) in [7, 11) is 0. The summed E-state index contributed by atoms with van der Waals surface area (Å²) in [4.78, 5) is 24.8. The van der Waals surface area contributed by atoms with E-state index in [-0.39, 0.29) is 11.8 Å². The highest BCUT2D eigenvalue weighted by Gasteiger charge is 2.22. The molecule has 0 aliphatic heterocycles. The van der Waals surface area contributed by atoms with E-state index in [0.717, 1.165) is 18.6 Å². The molecule has 1 aromatic carbocycles. The van der Waals surface area contributed by atoms with Crippen molar-refractivity contribution in [3.8, 4) is 0 Å². The number of benzene rings is 1. The van der Waals surface area contributed by atoms with Crippen molar-refractivity contribution in [1.82, 2.24) is 21.5 Å². The minimum Gasteiger partial charge on any atom is -0.359 e. The van der Waals surface area contributed by atoms with Gasteiger partial charge in [0.05, 0.1) is 0 Å². The quantitative estimate of drug-likeness (QED) is 0.418. The Morgan fingerprint density at radius 1 is 1.19 bits per heavy atom. The maximum atomic E-state index is 12.5. The monoisotopic (exact) mass is 394 g/mol. The van der Waals surface area contributed by atoms with Crippen molar-refractivity contribution in [2.24, 2.45) is 0 Å². The first-order chi connectivity index (χ1) is 12.6. The highest BCUT2D eigenvalue weighted by molar-refractivity contribution is 7.98. The fraction of sp³-hybridized carbons (Fsp3) is 0.500. The molecular weight excluding hydrogens is 368 g/mol. The van der Waals surface area contributed by atoms with Gasteiger partial charge in [-0.1, -0.05) is 31.0 Å². The molecule has 0 aromatic heterocycles. The van der Waals surface area contributed by atoms with E-state index in [1.165, 1.54) is 12.8 Å². The van der Waals surface area contributed by atoms with E-state index >= 15 is 0 Å². The molecule has 2 rings (SSSR count). The number of hydrazine groups is 1. The number of thioether (sulfide) groups is 1. The van der Waals surface area contributed by atoms with Gasteiger partial charge in [0.25, 0.3) is 11.8 Å². The number of hydrogen-bond acceptors (Lipinski definition) is 4. The number of carbonyl (C=O) groups excluding carboxylic acids is 2. The Morgan fingerprint density at radius 2 is 1.88 bits per heavy atom. The Balaban J connectivity index is 1.84. The van der Waals surface area contributed by atoms with E-state index in [2.05, 4.69) is 21.5 Å².